The zero-order valence-corrected chi connectivity index (χ0v) is 18.2. The molecule has 0 atom stereocenters. The summed E-state index contributed by atoms with van der Waals surface area (Å²) in [7, 11) is 2.85. The lowest BCUT2D eigenvalue weighted by Crippen LogP contribution is -2.25. The molecule has 0 aliphatic rings. The van der Waals surface area contributed by atoms with Gasteiger partial charge in [-0.2, -0.15) is 0 Å². The minimum atomic E-state index is -0.499. The molecule has 0 saturated heterocycles. The molecule has 0 aliphatic carbocycles. The number of nitrogens with zero attached hydrogens (tertiary/aromatic N) is 1. The predicted molar refractivity (Wildman–Crippen MR) is 119 cm³/mol. The van der Waals surface area contributed by atoms with Gasteiger partial charge in [0, 0.05) is 17.7 Å². The Balaban J connectivity index is 1.61. The molecular formula is C24H23FN2O6. The smallest absolute Gasteiger partial charge is 0.276 e. The fourth-order valence-corrected chi connectivity index (χ4v) is 3.17. The van der Waals surface area contributed by atoms with E-state index in [2.05, 4.69) is 5.32 Å². The number of ether oxygens (including phenoxy) is 3. The van der Waals surface area contributed by atoms with Gasteiger partial charge in [-0.25, -0.2) is 4.39 Å². The number of methoxy groups -OCH3 is 2. The first kappa shape index (κ1) is 23.5. The van der Waals surface area contributed by atoms with Gasteiger partial charge >= 0.3 is 0 Å². The van der Waals surface area contributed by atoms with E-state index in [4.69, 9.17) is 14.2 Å². The van der Waals surface area contributed by atoms with Gasteiger partial charge < -0.3 is 19.5 Å². The molecule has 172 valence electrons. The molecule has 3 rings (SSSR count). The van der Waals surface area contributed by atoms with E-state index in [0.717, 1.165) is 5.56 Å². The third-order valence-electron chi connectivity index (χ3n) is 4.88. The normalized spacial score (nSPS) is 10.4. The monoisotopic (exact) mass is 454 g/mol. The van der Waals surface area contributed by atoms with E-state index in [0.29, 0.717) is 22.6 Å². The highest BCUT2D eigenvalue weighted by atomic mass is 19.1. The quantitative estimate of drug-likeness (QED) is 0.362. The molecule has 9 heteroatoms. The molecule has 8 nitrogen and oxygen atoms in total. The van der Waals surface area contributed by atoms with Crippen molar-refractivity contribution in [2.45, 2.75) is 13.0 Å². The third-order valence-corrected chi connectivity index (χ3v) is 4.88. The van der Waals surface area contributed by atoms with Crippen LogP contribution in [0.1, 0.15) is 21.5 Å². The minimum Gasteiger partial charge on any atom is -0.493 e. The van der Waals surface area contributed by atoms with Crippen molar-refractivity contribution < 1.29 is 28.3 Å². The first-order valence-corrected chi connectivity index (χ1v) is 10.1. The molecule has 3 aromatic rings. The second-order valence-electron chi connectivity index (χ2n) is 7.04. The molecule has 0 saturated carbocycles. The predicted octanol–water partition coefficient (Wildman–Crippen LogP) is 4.30. The number of rotatable bonds is 10. The number of halogens is 1. The van der Waals surface area contributed by atoms with Crippen molar-refractivity contribution in [3.63, 3.8) is 0 Å². The summed E-state index contributed by atoms with van der Waals surface area (Å²) in [5.74, 6) is 0.452. The third kappa shape index (κ3) is 6.19. The fraction of sp³-hybridized carbons (Fsp3) is 0.208. The van der Waals surface area contributed by atoms with Crippen LogP contribution in [0.15, 0.2) is 60.7 Å². The number of hydrogen-bond acceptors (Lipinski definition) is 6. The summed E-state index contributed by atoms with van der Waals surface area (Å²) in [5.41, 5.74) is 1.48. The Bertz CT molecular complexity index is 1130. The summed E-state index contributed by atoms with van der Waals surface area (Å²) in [4.78, 5) is 23.5. The van der Waals surface area contributed by atoms with Crippen LogP contribution < -0.4 is 19.5 Å². The van der Waals surface area contributed by atoms with E-state index in [1.807, 2.05) is 0 Å². The minimum absolute atomic E-state index is 0.113. The summed E-state index contributed by atoms with van der Waals surface area (Å²) in [5, 5.41) is 14.2. The summed E-state index contributed by atoms with van der Waals surface area (Å²) >= 11 is 0. The molecule has 1 N–H and O–H groups in total. The molecule has 0 spiro atoms. The lowest BCUT2D eigenvalue weighted by atomic mass is 10.1. The molecule has 0 bridgehead atoms. The van der Waals surface area contributed by atoms with Gasteiger partial charge in [-0.05, 0) is 48.4 Å². The zero-order valence-electron chi connectivity index (χ0n) is 18.2. The number of nitrogens with one attached hydrogen (secondary N) is 1. The average molecular weight is 454 g/mol. The Kier molecular flexibility index (Phi) is 7.80. The van der Waals surface area contributed by atoms with Gasteiger partial charge in [0.05, 0.1) is 25.2 Å². The van der Waals surface area contributed by atoms with Crippen molar-refractivity contribution in [3.8, 4) is 17.2 Å². The van der Waals surface area contributed by atoms with E-state index >= 15 is 0 Å². The summed E-state index contributed by atoms with van der Waals surface area (Å²) < 4.78 is 29.0. The second-order valence-corrected chi connectivity index (χ2v) is 7.04. The van der Waals surface area contributed by atoms with Gasteiger partial charge in [-0.1, -0.05) is 18.2 Å². The Morgan fingerprint density at radius 1 is 1.03 bits per heavy atom. The second kappa shape index (κ2) is 10.9. The highest BCUT2D eigenvalue weighted by Gasteiger charge is 2.19. The van der Waals surface area contributed by atoms with Gasteiger partial charge in [0.1, 0.15) is 18.2 Å². The van der Waals surface area contributed by atoms with Crippen LogP contribution in [-0.2, 0) is 13.0 Å². The van der Waals surface area contributed by atoms with Crippen molar-refractivity contribution >= 4 is 11.6 Å². The first-order valence-electron chi connectivity index (χ1n) is 10.1. The van der Waals surface area contributed by atoms with Crippen LogP contribution in [0.3, 0.4) is 0 Å². The molecular weight excluding hydrogens is 431 g/mol. The van der Waals surface area contributed by atoms with E-state index in [-0.39, 0.29) is 42.7 Å². The average Bonchev–Trinajstić information content (AvgIpc) is 2.83. The van der Waals surface area contributed by atoms with Crippen molar-refractivity contribution in [2.24, 2.45) is 0 Å². The van der Waals surface area contributed by atoms with Crippen LogP contribution in [0.2, 0.25) is 0 Å². The summed E-state index contributed by atoms with van der Waals surface area (Å²) in [6.45, 7) is 0.407. The molecule has 1 amide bonds. The van der Waals surface area contributed by atoms with Crippen LogP contribution in [0.5, 0.6) is 17.2 Å². The van der Waals surface area contributed by atoms with Crippen LogP contribution in [0.25, 0.3) is 0 Å². The number of nitro groups is 1. The standard InChI is InChI=1S/C24H23FN2O6/c1-31-22-13-17(21(27(29)30)14-23(22)32-2)10-11-26-24(28)18-4-3-5-20(12-18)33-15-16-6-8-19(25)9-7-16/h3-9,12-14H,10-11,15H2,1-2H3,(H,26,28). The van der Waals surface area contributed by atoms with Gasteiger partial charge in [0.15, 0.2) is 11.5 Å². The van der Waals surface area contributed by atoms with E-state index in [9.17, 15) is 19.3 Å². The molecule has 0 heterocycles. The van der Waals surface area contributed by atoms with Crippen molar-refractivity contribution in [2.75, 3.05) is 20.8 Å². The number of benzene rings is 3. The number of nitro benzene ring substituents is 1. The van der Waals surface area contributed by atoms with Crippen LogP contribution in [0, 0.1) is 15.9 Å². The number of hydrogen-bond donors (Lipinski definition) is 1. The molecule has 3 aromatic carbocycles. The molecule has 0 aliphatic heterocycles. The SMILES string of the molecule is COc1cc(CCNC(=O)c2cccc(OCc3ccc(F)cc3)c2)c([N+](=O)[O-])cc1OC. The van der Waals surface area contributed by atoms with E-state index in [1.165, 1.54) is 38.5 Å². The van der Waals surface area contributed by atoms with Gasteiger partial charge in [-0.15, -0.1) is 0 Å². The van der Waals surface area contributed by atoms with Crippen molar-refractivity contribution in [1.82, 2.24) is 5.32 Å². The maximum atomic E-state index is 13.0. The molecule has 0 fully saturated rings. The van der Waals surface area contributed by atoms with Gasteiger partial charge in [0.25, 0.3) is 11.6 Å². The van der Waals surface area contributed by atoms with Crippen LogP contribution in [0.4, 0.5) is 10.1 Å². The number of carbonyl (C=O) groups is 1. The Hall–Kier alpha value is -4.14. The maximum Gasteiger partial charge on any atom is 0.276 e. The topological polar surface area (TPSA) is 99.9 Å². The fourth-order valence-electron chi connectivity index (χ4n) is 3.17. The van der Waals surface area contributed by atoms with Gasteiger partial charge in [0.2, 0.25) is 0 Å². The largest absolute Gasteiger partial charge is 0.493 e. The van der Waals surface area contributed by atoms with E-state index in [1.54, 1.807) is 36.4 Å². The van der Waals surface area contributed by atoms with Crippen molar-refractivity contribution in [1.29, 1.82) is 0 Å². The molecule has 0 unspecified atom stereocenters. The zero-order chi connectivity index (χ0) is 23.8. The summed E-state index contributed by atoms with van der Waals surface area (Å²) in [6, 6.07) is 15.4. The van der Waals surface area contributed by atoms with Gasteiger partial charge in [-0.3, -0.25) is 14.9 Å². The maximum absolute atomic E-state index is 13.0. The highest BCUT2D eigenvalue weighted by Crippen LogP contribution is 2.34. The lowest BCUT2D eigenvalue weighted by molar-refractivity contribution is -0.385. The highest BCUT2D eigenvalue weighted by molar-refractivity contribution is 5.94. The van der Waals surface area contributed by atoms with Crippen molar-refractivity contribution in [3.05, 3.63) is 93.3 Å². The number of carbonyl (C=O) groups excluding carboxylic acids is 1. The number of amides is 1. The molecule has 33 heavy (non-hydrogen) atoms. The Morgan fingerprint density at radius 3 is 2.39 bits per heavy atom. The van der Waals surface area contributed by atoms with Crippen LogP contribution in [-0.4, -0.2) is 31.6 Å². The lowest BCUT2D eigenvalue weighted by Gasteiger charge is -2.11. The van der Waals surface area contributed by atoms with Crippen LogP contribution >= 0.6 is 0 Å². The molecule has 0 radical (unpaired) electrons. The van der Waals surface area contributed by atoms with E-state index < -0.39 is 4.92 Å². The Labute approximate surface area is 190 Å². The summed E-state index contributed by atoms with van der Waals surface area (Å²) in [6.07, 6.45) is 0.225. The first-order chi connectivity index (χ1) is 15.9. The Morgan fingerprint density at radius 2 is 1.73 bits per heavy atom. The molecule has 0 aromatic heterocycles.